The molecular formula is C28H47NO4. The molecule has 0 heterocycles. The molecule has 0 aliphatic heterocycles. The molecule has 188 valence electrons. The lowest BCUT2D eigenvalue weighted by molar-refractivity contribution is -0.157. The summed E-state index contributed by atoms with van der Waals surface area (Å²) in [5, 5.41) is 23.2. The highest BCUT2D eigenvalue weighted by Crippen LogP contribution is 2.67. The number of rotatable bonds is 7. The van der Waals surface area contributed by atoms with Crippen LogP contribution in [0.3, 0.4) is 0 Å². The van der Waals surface area contributed by atoms with Crippen molar-refractivity contribution in [2.24, 2.45) is 46.3 Å². The van der Waals surface area contributed by atoms with Gasteiger partial charge in [0.1, 0.15) is 6.04 Å². The number of aliphatic hydroxyl groups excluding tert-OH is 1. The highest BCUT2D eigenvalue weighted by Gasteiger charge is 2.61. The largest absolute Gasteiger partial charge is 0.480 e. The maximum Gasteiger partial charge on any atom is 0.326 e. The van der Waals surface area contributed by atoms with Crippen LogP contribution in [0.5, 0.6) is 0 Å². The van der Waals surface area contributed by atoms with Gasteiger partial charge >= 0.3 is 5.97 Å². The van der Waals surface area contributed by atoms with Gasteiger partial charge in [-0.15, -0.1) is 0 Å². The Labute approximate surface area is 200 Å². The summed E-state index contributed by atoms with van der Waals surface area (Å²) >= 11 is 0. The predicted octanol–water partition coefficient (Wildman–Crippen LogP) is 5.40. The Morgan fingerprint density at radius 1 is 0.970 bits per heavy atom. The number of amides is 1. The van der Waals surface area contributed by atoms with Crippen LogP contribution in [0.4, 0.5) is 0 Å². The van der Waals surface area contributed by atoms with Crippen LogP contribution in [-0.4, -0.2) is 34.2 Å². The first-order valence-corrected chi connectivity index (χ1v) is 13.8. The van der Waals surface area contributed by atoms with Gasteiger partial charge in [0.15, 0.2) is 0 Å². The van der Waals surface area contributed by atoms with E-state index in [1.807, 2.05) is 13.8 Å². The van der Waals surface area contributed by atoms with E-state index in [1.165, 1.54) is 51.4 Å². The van der Waals surface area contributed by atoms with Crippen molar-refractivity contribution in [3.63, 3.8) is 0 Å². The molecule has 0 aromatic heterocycles. The normalized spacial score (nSPS) is 43.3. The quantitative estimate of drug-likeness (QED) is 0.474. The number of aliphatic hydroxyl groups is 1. The Bertz CT molecular complexity index is 737. The minimum atomic E-state index is -0.954. The van der Waals surface area contributed by atoms with Gasteiger partial charge in [-0.25, -0.2) is 4.79 Å². The van der Waals surface area contributed by atoms with E-state index in [9.17, 15) is 19.8 Å². The topological polar surface area (TPSA) is 86.6 Å². The van der Waals surface area contributed by atoms with Crippen molar-refractivity contribution in [1.82, 2.24) is 5.32 Å². The highest BCUT2D eigenvalue weighted by molar-refractivity contribution is 5.83. The first kappa shape index (κ1) is 25.0. The Morgan fingerprint density at radius 3 is 2.39 bits per heavy atom. The number of carboxylic acid groups (broad SMARTS) is 1. The van der Waals surface area contributed by atoms with Crippen LogP contribution in [0.1, 0.15) is 105 Å². The van der Waals surface area contributed by atoms with E-state index in [0.717, 1.165) is 25.2 Å². The first-order chi connectivity index (χ1) is 15.6. The smallest absolute Gasteiger partial charge is 0.326 e. The second-order valence-corrected chi connectivity index (χ2v) is 12.9. The molecule has 4 saturated carbocycles. The maximum absolute atomic E-state index is 12.4. The molecule has 0 saturated heterocycles. The van der Waals surface area contributed by atoms with Crippen molar-refractivity contribution >= 4 is 11.9 Å². The predicted molar refractivity (Wildman–Crippen MR) is 129 cm³/mol. The monoisotopic (exact) mass is 461 g/mol. The Morgan fingerprint density at radius 2 is 1.70 bits per heavy atom. The van der Waals surface area contributed by atoms with Crippen molar-refractivity contribution in [3.8, 4) is 0 Å². The zero-order valence-electron chi connectivity index (χ0n) is 21.3. The van der Waals surface area contributed by atoms with E-state index in [4.69, 9.17) is 0 Å². The second kappa shape index (κ2) is 9.51. The number of hydrogen-bond donors (Lipinski definition) is 3. The van der Waals surface area contributed by atoms with E-state index < -0.39 is 12.0 Å². The molecule has 1 amide bonds. The third kappa shape index (κ3) is 4.48. The van der Waals surface area contributed by atoms with E-state index in [0.29, 0.717) is 40.9 Å². The molecule has 0 aromatic rings. The third-order valence-electron chi connectivity index (χ3n) is 11.0. The number of carbonyl (C=O) groups is 2. The summed E-state index contributed by atoms with van der Waals surface area (Å²) in [5.41, 5.74) is 0.659. The first-order valence-electron chi connectivity index (χ1n) is 13.8. The van der Waals surface area contributed by atoms with Crippen molar-refractivity contribution in [2.45, 2.75) is 117 Å². The minimum absolute atomic E-state index is 0.118. The molecule has 0 spiro atoms. The Kier molecular flexibility index (Phi) is 7.21. The summed E-state index contributed by atoms with van der Waals surface area (Å²) < 4.78 is 0. The van der Waals surface area contributed by atoms with E-state index >= 15 is 0 Å². The lowest BCUT2D eigenvalue weighted by atomic mass is 9.44. The lowest BCUT2D eigenvalue weighted by Gasteiger charge is -2.61. The average Bonchev–Trinajstić information content (AvgIpc) is 3.08. The standard InChI is InChI=1S/C28H47NO4/c1-17(2)25(26(32)33)29-24(31)10-7-8-18-11-12-20-19-16-23(30)22-9-5-6-14-28(22,4)21(19)13-15-27(18,20)3/h17-23,25,30H,5-16H2,1-4H3,(H,29,31)(H,32,33)/t18?,19?,20?,21-,22?,23-,25?,27?,28?/m0/s1. The van der Waals surface area contributed by atoms with Gasteiger partial charge in [-0.3, -0.25) is 4.79 Å². The number of carbonyl (C=O) groups excluding carboxylic acids is 1. The molecule has 5 nitrogen and oxygen atoms in total. The number of nitrogens with one attached hydrogen (secondary N) is 1. The minimum Gasteiger partial charge on any atom is -0.480 e. The Balaban J connectivity index is 1.36. The highest BCUT2D eigenvalue weighted by atomic mass is 16.4. The SMILES string of the molecule is CC(C)C(NC(=O)CCCC1CCC2C3C[C@H](O)C4CCCCC4(C)[C@H]3CCC12C)C(=O)O. The van der Waals surface area contributed by atoms with Crippen LogP contribution in [0.15, 0.2) is 0 Å². The summed E-state index contributed by atoms with van der Waals surface area (Å²) in [6, 6.07) is -0.802. The number of hydrogen-bond acceptors (Lipinski definition) is 3. The maximum atomic E-state index is 12.4. The number of fused-ring (bicyclic) bond motifs is 5. The van der Waals surface area contributed by atoms with Crippen molar-refractivity contribution in [2.75, 3.05) is 0 Å². The molecule has 7 unspecified atom stereocenters. The Hall–Kier alpha value is -1.10. The molecule has 5 heteroatoms. The zero-order valence-corrected chi connectivity index (χ0v) is 21.3. The zero-order chi connectivity index (χ0) is 24.0. The van der Waals surface area contributed by atoms with Crippen LogP contribution in [-0.2, 0) is 9.59 Å². The summed E-state index contributed by atoms with van der Waals surface area (Å²) in [6.45, 7) is 8.67. The van der Waals surface area contributed by atoms with Crippen molar-refractivity contribution in [1.29, 1.82) is 0 Å². The summed E-state index contributed by atoms with van der Waals surface area (Å²) in [7, 11) is 0. The van der Waals surface area contributed by atoms with Crippen LogP contribution in [0.2, 0.25) is 0 Å². The van der Waals surface area contributed by atoms with Gasteiger partial charge in [0, 0.05) is 6.42 Å². The summed E-state index contributed by atoms with van der Waals surface area (Å²) in [6.07, 6.45) is 13.4. The van der Waals surface area contributed by atoms with Crippen molar-refractivity contribution < 1.29 is 19.8 Å². The molecule has 4 aliphatic rings. The van der Waals surface area contributed by atoms with E-state index in [-0.39, 0.29) is 17.9 Å². The fourth-order valence-corrected chi connectivity index (χ4v) is 9.21. The fourth-order valence-electron chi connectivity index (χ4n) is 9.21. The van der Waals surface area contributed by atoms with Crippen LogP contribution in [0, 0.1) is 46.3 Å². The molecule has 4 aliphatic carbocycles. The summed E-state index contributed by atoms with van der Waals surface area (Å²) in [4.78, 5) is 23.8. The van der Waals surface area contributed by atoms with Crippen LogP contribution >= 0.6 is 0 Å². The summed E-state index contributed by atoms with van der Waals surface area (Å²) in [5.74, 6) is 2.09. The number of aliphatic carboxylic acids is 1. The molecule has 33 heavy (non-hydrogen) atoms. The van der Waals surface area contributed by atoms with Crippen LogP contribution < -0.4 is 5.32 Å². The third-order valence-corrected chi connectivity index (χ3v) is 11.0. The van der Waals surface area contributed by atoms with Gasteiger partial charge in [0.2, 0.25) is 5.91 Å². The molecule has 3 N–H and O–H groups in total. The average molecular weight is 462 g/mol. The number of carboxylic acids is 1. The molecule has 4 rings (SSSR count). The van der Waals surface area contributed by atoms with Gasteiger partial charge in [-0.1, -0.05) is 40.5 Å². The molecule has 0 aromatic carbocycles. The van der Waals surface area contributed by atoms with Gasteiger partial charge in [-0.2, -0.15) is 0 Å². The molecule has 4 fully saturated rings. The van der Waals surface area contributed by atoms with E-state index in [1.54, 1.807) is 0 Å². The fraction of sp³-hybridized carbons (Fsp3) is 0.929. The molecule has 0 radical (unpaired) electrons. The van der Waals surface area contributed by atoms with Gasteiger partial charge in [-0.05, 0) is 104 Å². The van der Waals surface area contributed by atoms with Crippen LogP contribution in [0.25, 0.3) is 0 Å². The molecular weight excluding hydrogens is 414 g/mol. The lowest BCUT2D eigenvalue weighted by Crippen LogP contribution is -2.56. The van der Waals surface area contributed by atoms with Crippen molar-refractivity contribution in [3.05, 3.63) is 0 Å². The molecule has 9 atom stereocenters. The molecule has 0 bridgehead atoms. The van der Waals surface area contributed by atoms with Gasteiger partial charge in [0.05, 0.1) is 6.10 Å². The second-order valence-electron chi connectivity index (χ2n) is 12.9. The van der Waals surface area contributed by atoms with E-state index in [2.05, 4.69) is 19.2 Å². The van der Waals surface area contributed by atoms with Gasteiger partial charge in [0.25, 0.3) is 0 Å². The van der Waals surface area contributed by atoms with Gasteiger partial charge < -0.3 is 15.5 Å².